The van der Waals surface area contributed by atoms with Crippen LogP contribution in [0.5, 0.6) is 0 Å². The first kappa shape index (κ1) is 17.2. The number of hydrogen-bond donors (Lipinski definition) is 0. The van der Waals surface area contributed by atoms with Gasteiger partial charge in [-0.05, 0) is 17.7 Å². The van der Waals surface area contributed by atoms with Crippen molar-refractivity contribution in [3.05, 3.63) is 96.1 Å². The van der Waals surface area contributed by atoms with E-state index >= 15 is 0 Å². The Bertz CT molecular complexity index is 1260. The highest BCUT2D eigenvalue weighted by molar-refractivity contribution is 8.00. The highest BCUT2D eigenvalue weighted by Gasteiger charge is 2.26. The fraction of sp³-hybridized carbons (Fsp3) is 0.0455. The van der Waals surface area contributed by atoms with E-state index in [1.165, 1.54) is 11.8 Å². The molecule has 136 valence electrons. The highest BCUT2D eigenvalue weighted by atomic mass is 32.2. The minimum absolute atomic E-state index is 0.0630. The van der Waals surface area contributed by atoms with Gasteiger partial charge in [0.25, 0.3) is 0 Å². The molecule has 0 saturated carbocycles. The Labute approximate surface area is 169 Å². The van der Waals surface area contributed by atoms with E-state index in [0.29, 0.717) is 5.56 Å². The first-order valence-corrected chi connectivity index (χ1v) is 10.5. The van der Waals surface area contributed by atoms with Crippen molar-refractivity contribution in [2.75, 3.05) is 0 Å². The summed E-state index contributed by atoms with van der Waals surface area (Å²) in [4.78, 5) is 14.2. The van der Waals surface area contributed by atoms with Crippen molar-refractivity contribution in [1.29, 1.82) is 0 Å². The zero-order valence-electron chi connectivity index (χ0n) is 14.7. The molecule has 2 aromatic heterocycles. The van der Waals surface area contributed by atoms with Gasteiger partial charge in [-0.25, -0.2) is 0 Å². The number of ketones is 1. The second-order valence-electron chi connectivity index (χ2n) is 6.31. The maximum Gasteiger partial charge on any atom is 0.217 e. The van der Waals surface area contributed by atoms with Gasteiger partial charge in [0.1, 0.15) is 5.25 Å². The van der Waals surface area contributed by atoms with Gasteiger partial charge >= 0.3 is 0 Å². The van der Waals surface area contributed by atoms with E-state index in [-0.39, 0.29) is 5.78 Å². The second-order valence-corrected chi connectivity index (χ2v) is 8.39. The van der Waals surface area contributed by atoms with Crippen molar-refractivity contribution in [2.24, 2.45) is 0 Å². The molecule has 0 unspecified atom stereocenters. The van der Waals surface area contributed by atoms with E-state index in [1.807, 2.05) is 77.2 Å². The van der Waals surface area contributed by atoms with Crippen LogP contribution in [0, 0.1) is 0 Å². The van der Waals surface area contributed by atoms with Crippen molar-refractivity contribution in [3.8, 4) is 0 Å². The van der Waals surface area contributed by atoms with Crippen LogP contribution in [0.25, 0.3) is 15.2 Å². The van der Waals surface area contributed by atoms with Crippen LogP contribution in [0.2, 0.25) is 0 Å². The summed E-state index contributed by atoms with van der Waals surface area (Å²) in [6.45, 7) is 0. The molecule has 0 aliphatic heterocycles. The highest BCUT2D eigenvalue weighted by Crippen LogP contribution is 2.39. The van der Waals surface area contributed by atoms with E-state index in [4.69, 9.17) is 0 Å². The summed E-state index contributed by atoms with van der Waals surface area (Å²) in [6.07, 6.45) is 0. The topological polar surface area (TPSA) is 47.3 Å². The Kier molecular flexibility index (Phi) is 4.43. The molecule has 3 aromatic carbocycles. The number of thiazole rings is 1. The lowest BCUT2D eigenvalue weighted by molar-refractivity contribution is 0.0989. The van der Waals surface area contributed by atoms with Gasteiger partial charge in [-0.1, -0.05) is 95.9 Å². The zero-order chi connectivity index (χ0) is 18.9. The average molecular weight is 402 g/mol. The molecule has 5 rings (SSSR count). The number of nitrogens with zero attached hydrogens (tertiary/aromatic N) is 3. The molecule has 5 aromatic rings. The summed E-state index contributed by atoms with van der Waals surface area (Å²) in [5, 5.41) is 9.05. The summed E-state index contributed by atoms with van der Waals surface area (Å²) >= 11 is 3.05. The fourth-order valence-corrected chi connectivity index (χ4v) is 5.34. The lowest BCUT2D eigenvalue weighted by atomic mass is 10.0. The number of benzene rings is 3. The van der Waals surface area contributed by atoms with Crippen LogP contribution in [0.4, 0.5) is 0 Å². The Balaban J connectivity index is 1.61. The van der Waals surface area contributed by atoms with Crippen LogP contribution in [0.15, 0.2) is 90.1 Å². The number of carbonyl (C=O) groups is 1. The third-order valence-electron chi connectivity index (χ3n) is 4.53. The summed E-state index contributed by atoms with van der Waals surface area (Å²) in [5.41, 5.74) is 2.71. The number of hydrogen-bond acceptors (Lipinski definition) is 5. The van der Waals surface area contributed by atoms with Crippen LogP contribution in [0.1, 0.15) is 21.2 Å². The van der Waals surface area contributed by atoms with Gasteiger partial charge in [-0.2, -0.15) is 0 Å². The van der Waals surface area contributed by atoms with E-state index in [9.17, 15) is 4.79 Å². The predicted molar refractivity (Wildman–Crippen MR) is 114 cm³/mol. The molecule has 0 aliphatic rings. The number of para-hydroxylation sites is 1. The lowest BCUT2D eigenvalue weighted by Gasteiger charge is -2.15. The third-order valence-corrected chi connectivity index (χ3v) is 6.74. The summed E-state index contributed by atoms with van der Waals surface area (Å²) in [5.74, 6) is 0.0630. The quantitative estimate of drug-likeness (QED) is 0.282. The standard InChI is InChI=1S/C22H15N3OS2/c26-19(15-9-3-1-4-10-15)20(16-11-5-2-6-12-16)28-22-24-23-21-25(22)17-13-7-8-14-18(17)27-21/h1-14,20H/t20-/m1/s1. The Morgan fingerprint density at radius 2 is 1.54 bits per heavy atom. The van der Waals surface area contributed by atoms with Crippen molar-refractivity contribution in [3.63, 3.8) is 0 Å². The molecule has 0 saturated heterocycles. The average Bonchev–Trinajstić information content (AvgIpc) is 3.32. The smallest absolute Gasteiger partial charge is 0.217 e. The molecule has 0 amide bonds. The van der Waals surface area contributed by atoms with Gasteiger partial charge in [-0.3, -0.25) is 9.20 Å². The molecule has 0 bridgehead atoms. The molecular weight excluding hydrogens is 386 g/mol. The van der Waals surface area contributed by atoms with Gasteiger partial charge in [-0.15, -0.1) is 10.2 Å². The third kappa shape index (κ3) is 3.00. The summed E-state index contributed by atoms with van der Waals surface area (Å²) < 4.78 is 3.19. The van der Waals surface area contributed by atoms with Crippen molar-refractivity contribution < 1.29 is 4.79 Å². The van der Waals surface area contributed by atoms with Gasteiger partial charge in [0, 0.05) is 5.56 Å². The summed E-state index contributed by atoms with van der Waals surface area (Å²) in [6, 6.07) is 27.4. The normalized spacial score (nSPS) is 12.4. The minimum atomic E-state index is -0.394. The fourth-order valence-electron chi connectivity index (χ4n) is 3.19. The number of aromatic nitrogens is 3. The SMILES string of the molecule is O=C(c1ccccc1)[C@H](Sc1nnc2sc3ccccc3n12)c1ccccc1. The zero-order valence-corrected chi connectivity index (χ0v) is 16.4. The molecule has 0 N–H and O–H groups in total. The number of rotatable bonds is 5. The van der Waals surface area contributed by atoms with Crippen molar-refractivity contribution in [1.82, 2.24) is 14.6 Å². The minimum Gasteiger partial charge on any atom is -0.293 e. The Morgan fingerprint density at radius 1 is 0.857 bits per heavy atom. The number of carbonyl (C=O) groups excluding carboxylic acids is 1. The number of thioether (sulfide) groups is 1. The van der Waals surface area contributed by atoms with Crippen LogP contribution < -0.4 is 0 Å². The molecule has 28 heavy (non-hydrogen) atoms. The van der Waals surface area contributed by atoms with Gasteiger partial charge in [0.2, 0.25) is 4.96 Å². The molecule has 4 nitrogen and oxygen atoms in total. The van der Waals surface area contributed by atoms with Crippen molar-refractivity contribution in [2.45, 2.75) is 10.4 Å². The summed E-state index contributed by atoms with van der Waals surface area (Å²) in [7, 11) is 0. The first-order chi connectivity index (χ1) is 13.8. The lowest BCUT2D eigenvalue weighted by Crippen LogP contribution is -2.10. The van der Waals surface area contributed by atoms with E-state index < -0.39 is 5.25 Å². The van der Waals surface area contributed by atoms with Crippen LogP contribution in [-0.2, 0) is 0 Å². The van der Waals surface area contributed by atoms with Crippen LogP contribution in [0.3, 0.4) is 0 Å². The molecule has 0 aliphatic carbocycles. The molecule has 2 heterocycles. The largest absolute Gasteiger partial charge is 0.293 e. The Morgan fingerprint density at radius 3 is 2.32 bits per heavy atom. The van der Waals surface area contributed by atoms with Gasteiger partial charge < -0.3 is 0 Å². The molecule has 0 radical (unpaired) electrons. The number of fused-ring (bicyclic) bond motifs is 3. The second kappa shape index (κ2) is 7.22. The molecule has 6 heteroatoms. The predicted octanol–water partition coefficient (Wildman–Crippen LogP) is 5.66. The molecular formula is C22H15N3OS2. The monoisotopic (exact) mass is 401 g/mol. The van der Waals surface area contributed by atoms with Crippen molar-refractivity contribution >= 4 is 44.1 Å². The first-order valence-electron chi connectivity index (χ1n) is 8.85. The van der Waals surface area contributed by atoms with E-state index in [0.717, 1.165) is 25.9 Å². The maximum absolute atomic E-state index is 13.3. The molecule has 0 spiro atoms. The van der Waals surface area contributed by atoms with E-state index in [2.05, 4.69) is 22.3 Å². The maximum atomic E-state index is 13.3. The Hall–Kier alpha value is -2.96. The number of Topliss-reactive ketones (excluding diaryl/α,β-unsaturated/α-hetero) is 1. The van der Waals surface area contributed by atoms with Gasteiger partial charge in [0.05, 0.1) is 10.2 Å². The van der Waals surface area contributed by atoms with Gasteiger partial charge in [0.15, 0.2) is 10.9 Å². The molecule has 0 fully saturated rings. The van der Waals surface area contributed by atoms with Crippen LogP contribution in [-0.4, -0.2) is 20.4 Å². The van der Waals surface area contributed by atoms with Crippen LogP contribution >= 0.6 is 23.1 Å². The van der Waals surface area contributed by atoms with E-state index in [1.54, 1.807) is 11.3 Å². The molecule has 1 atom stereocenters.